The Balaban J connectivity index is 1.64. The molecule has 0 aliphatic carbocycles. The first-order chi connectivity index (χ1) is 10.0. The second-order valence-electron chi connectivity index (χ2n) is 6.73. The highest BCUT2D eigenvalue weighted by atomic mass is 28.3. The molecule has 0 saturated carbocycles. The molecule has 2 nitrogen and oxygen atoms in total. The van der Waals surface area contributed by atoms with Gasteiger partial charge in [-0.2, -0.15) is 0 Å². The van der Waals surface area contributed by atoms with Gasteiger partial charge in [-0.05, 0) is 11.6 Å². The molecule has 21 heavy (non-hydrogen) atoms. The van der Waals surface area contributed by atoms with Gasteiger partial charge in [0.25, 0.3) is 0 Å². The molecular weight excluding hydrogens is 274 g/mol. The highest BCUT2D eigenvalue weighted by molar-refractivity contribution is 6.88. The van der Waals surface area contributed by atoms with Crippen molar-refractivity contribution < 1.29 is 4.74 Å². The zero-order valence-corrected chi connectivity index (χ0v) is 14.0. The third kappa shape index (κ3) is 3.19. The first kappa shape index (κ1) is 14.4. The van der Waals surface area contributed by atoms with Gasteiger partial charge in [-0.15, -0.1) is 0 Å². The fourth-order valence-corrected chi connectivity index (χ4v) is 3.86. The van der Waals surface area contributed by atoms with Gasteiger partial charge in [-0.1, -0.05) is 67.3 Å². The summed E-state index contributed by atoms with van der Waals surface area (Å²) in [5.41, 5.74) is 2.61. The summed E-state index contributed by atoms with van der Waals surface area (Å²) in [6.07, 6.45) is 0. The lowest BCUT2D eigenvalue weighted by Gasteiger charge is -2.17. The normalized spacial score (nSPS) is 17.4. The lowest BCUT2D eigenvalue weighted by Crippen LogP contribution is -2.37. The van der Waals surface area contributed by atoms with Crippen molar-refractivity contribution in [2.45, 2.75) is 32.2 Å². The zero-order valence-electron chi connectivity index (χ0n) is 13.0. The van der Waals surface area contributed by atoms with Gasteiger partial charge in [0.2, 0.25) is 0 Å². The lowest BCUT2D eigenvalue weighted by molar-refractivity contribution is 0.310. The second kappa shape index (κ2) is 5.66. The fourth-order valence-electron chi connectivity index (χ4n) is 2.70. The van der Waals surface area contributed by atoms with Gasteiger partial charge in [0.05, 0.1) is 14.1 Å². The van der Waals surface area contributed by atoms with E-state index in [1.165, 1.54) is 16.3 Å². The van der Waals surface area contributed by atoms with Crippen molar-refractivity contribution >= 4 is 13.3 Å². The number of benzene rings is 2. The summed E-state index contributed by atoms with van der Waals surface area (Å²) in [6.45, 7) is 8.76. The molecule has 1 unspecified atom stereocenters. The van der Waals surface area contributed by atoms with Crippen molar-refractivity contribution in [2.75, 3.05) is 6.61 Å². The van der Waals surface area contributed by atoms with Gasteiger partial charge in [0.1, 0.15) is 12.4 Å². The average molecular weight is 297 g/mol. The third-order valence-electron chi connectivity index (χ3n) is 4.07. The molecule has 3 rings (SSSR count). The number of hydrogen-bond acceptors (Lipinski definition) is 2. The Morgan fingerprint density at radius 3 is 2.48 bits per heavy atom. The van der Waals surface area contributed by atoms with Gasteiger partial charge >= 0.3 is 0 Å². The van der Waals surface area contributed by atoms with Crippen molar-refractivity contribution in [1.82, 2.24) is 5.32 Å². The molecular formula is C18H23NOSi. The minimum Gasteiger partial charge on any atom is -0.491 e. The van der Waals surface area contributed by atoms with Crippen LogP contribution < -0.4 is 15.2 Å². The van der Waals surface area contributed by atoms with Crippen molar-refractivity contribution in [3.05, 3.63) is 59.7 Å². The van der Waals surface area contributed by atoms with E-state index < -0.39 is 8.07 Å². The standard InChI is InChI=1S/C18H23NOSi/c1-21(2,3)15-10-8-14(9-11-15)12-19-17-13-20-18-7-5-4-6-16(17)18/h4-11,17,19H,12-13H2,1-3H3. The number of ether oxygens (including phenoxy) is 1. The molecule has 0 fully saturated rings. The molecule has 0 amide bonds. The van der Waals surface area contributed by atoms with Crippen molar-refractivity contribution in [1.29, 1.82) is 0 Å². The van der Waals surface area contributed by atoms with Crippen LogP contribution in [0.5, 0.6) is 5.75 Å². The Bertz CT molecular complexity index is 616. The second-order valence-corrected chi connectivity index (χ2v) is 11.8. The largest absolute Gasteiger partial charge is 0.491 e. The quantitative estimate of drug-likeness (QED) is 0.873. The van der Waals surface area contributed by atoms with Gasteiger partial charge in [-0.25, -0.2) is 0 Å². The average Bonchev–Trinajstić information content (AvgIpc) is 2.88. The van der Waals surface area contributed by atoms with Gasteiger partial charge in [-0.3, -0.25) is 0 Å². The number of fused-ring (bicyclic) bond motifs is 1. The Morgan fingerprint density at radius 2 is 1.76 bits per heavy atom. The summed E-state index contributed by atoms with van der Waals surface area (Å²) >= 11 is 0. The van der Waals surface area contributed by atoms with Gasteiger partial charge in [0, 0.05) is 12.1 Å². The Morgan fingerprint density at radius 1 is 1.05 bits per heavy atom. The summed E-state index contributed by atoms with van der Waals surface area (Å²) in [4.78, 5) is 0. The molecule has 2 aromatic carbocycles. The zero-order chi connectivity index (χ0) is 14.9. The molecule has 0 spiro atoms. The summed E-state index contributed by atoms with van der Waals surface area (Å²) in [5, 5.41) is 5.11. The Hall–Kier alpha value is -1.58. The molecule has 0 aromatic heterocycles. The maximum absolute atomic E-state index is 5.71. The highest BCUT2D eigenvalue weighted by Crippen LogP contribution is 2.31. The van der Waals surface area contributed by atoms with Crippen LogP contribution in [0.25, 0.3) is 0 Å². The maximum Gasteiger partial charge on any atom is 0.124 e. The molecule has 3 heteroatoms. The predicted molar refractivity (Wildman–Crippen MR) is 90.9 cm³/mol. The van der Waals surface area contributed by atoms with Crippen LogP contribution in [-0.2, 0) is 6.54 Å². The molecule has 0 bridgehead atoms. The Kier molecular flexibility index (Phi) is 3.87. The van der Waals surface area contributed by atoms with E-state index >= 15 is 0 Å². The van der Waals surface area contributed by atoms with Gasteiger partial charge < -0.3 is 10.1 Å². The van der Waals surface area contributed by atoms with Crippen LogP contribution >= 0.6 is 0 Å². The minimum atomic E-state index is -1.19. The van der Waals surface area contributed by atoms with Crippen LogP contribution in [-0.4, -0.2) is 14.7 Å². The van der Waals surface area contributed by atoms with E-state index in [9.17, 15) is 0 Å². The number of para-hydroxylation sites is 1. The van der Waals surface area contributed by atoms with Crippen LogP contribution in [0.1, 0.15) is 17.2 Å². The smallest absolute Gasteiger partial charge is 0.124 e. The van der Waals surface area contributed by atoms with Crippen LogP contribution in [0.15, 0.2) is 48.5 Å². The van der Waals surface area contributed by atoms with Crippen molar-refractivity contribution in [2.24, 2.45) is 0 Å². The molecule has 1 N–H and O–H groups in total. The van der Waals surface area contributed by atoms with E-state index in [0.29, 0.717) is 6.04 Å². The van der Waals surface area contributed by atoms with E-state index in [2.05, 4.69) is 61.4 Å². The number of rotatable bonds is 4. The number of hydrogen-bond donors (Lipinski definition) is 1. The molecule has 0 saturated heterocycles. The predicted octanol–water partition coefficient (Wildman–Crippen LogP) is 3.46. The topological polar surface area (TPSA) is 21.3 Å². The molecule has 1 atom stereocenters. The summed E-state index contributed by atoms with van der Waals surface area (Å²) < 4.78 is 5.71. The SMILES string of the molecule is C[Si](C)(C)c1ccc(CNC2COc3ccccc32)cc1. The minimum absolute atomic E-state index is 0.304. The van der Waals surface area contributed by atoms with E-state index in [1.54, 1.807) is 0 Å². The monoisotopic (exact) mass is 297 g/mol. The van der Waals surface area contributed by atoms with E-state index in [1.807, 2.05) is 12.1 Å². The Labute approximate surface area is 128 Å². The molecule has 1 heterocycles. The summed E-state index contributed by atoms with van der Waals surface area (Å²) in [7, 11) is -1.19. The first-order valence-corrected chi connectivity index (χ1v) is 11.1. The van der Waals surface area contributed by atoms with Crippen molar-refractivity contribution in [3.63, 3.8) is 0 Å². The van der Waals surface area contributed by atoms with Crippen molar-refractivity contribution in [3.8, 4) is 5.75 Å². The van der Waals surface area contributed by atoms with E-state index in [0.717, 1.165) is 18.9 Å². The highest BCUT2D eigenvalue weighted by Gasteiger charge is 2.22. The third-order valence-corrected chi connectivity index (χ3v) is 6.14. The molecule has 0 radical (unpaired) electrons. The lowest BCUT2D eigenvalue weighted by atomic mass is 10.1. The molecule has 1 aliphatic rings. The van der Waals surface area contributed by atoms with Crippen LogP contribution in [0.4, 0.5) is 0 Å². The summed E-state index contributed by atoms with van der Waals surface area (Å²) in [6, 6.07) is 17.7. The van der Waals surface area contributed by atoms with E-state index in [4.69, 9.17) is 4.74 Å². The maximum atomic E-state index is 5.71. The molecule has 1 aliphatic heterocycles. The molecule has 110 valence electrons. The molecule has 2 aromatic rings. The van der Waals surface area contributed by atoms with Gasteiger partial charge in [0.15, 0.2) is 0 Å². The summed E-state index contributed by atoms with van der Waals surface area (Å²) in [5.74, 6) is 1.02. The first-order valence-electron chi connectivity index (χ1n) is 7.58. The number of nitrogens with one attached hydrogen (secondary N) is 1. The van der Waals surface area contributed by atoms with Crippen LogP contribution in [0.2, 0.25) is 19.6 Å². The van der Waals surface area contributed by atoms with Crippen LogP contribution in [0.3, 0.4) is 0 Å². The van der Waals surface area contributed by atoms with Crippen LogP contribution in [0, 0.1) is 0 Å². The van der Waals surface area contributed by atoms with E-state index in [-0.39, 0.29) is 0 Å². The fraction of sp³-hybridized carbons (Fsp3) is 0.333.